The van der Waals surface area contributed by atoms with E-state index in [1.54, 1.807) is 6.07 Å². The van der Waals surface area contributed by atoms with Gasteiger partial charge in [-0.1, -0.05) is 47.6 Å². The third kappa shape index (κ3) is 2.71. The molecule has 0 saturated heterocycles. The Balaban J connectivity index is 3.68. The summed E-state index contributed by atoms with van der Waals surface area (Å²) in [5, 5.41) is 18.5. The van der Waals surface area contributed by atoms with Gasteiger partial charge in [-0.05, 0) is 28.0 Å². The zero-order valence-corrected chi connectivity index (χ0v) is 12.0. The van der Waals surface area contributed by atoms with E-state index in [1.807, 2.05) is 6.07 Å². The van der Waals surface area contributed by atoms with Gasteiger partial charge in [0, 0.05) is 0 Å². The molecule has 0 aliphatic rings. The van der Waals surface area contributed by atoms with E-state index in [4.69, 9.17) is 0 Å². The Morgan fingerprint density at radius 2 is 1.06 bits per heavy atom. The summed E-state index contributed by atoms with van der Waals surface area (Å²) in [6, 6.07) is 8.16. The Labute approximate surface area is 110 Å². The van der Waals surface area contributed by atoms with Gasteiger partial charge < -0.3 is 0 Å². The second kappa shape index (κ2) is 4.46. The zero-order valence-electron chi connectivity index (χ0n) is 12.0. The monoisotopic (exact) mass is 240 g/mol. The zero-order chi connectivity index (χ0) is 14.1. The van der Waals surface area contributed by atoms with Crippen molar-refractivity contribution in [3.05, 3.63) is 34.4 Å². The molecule has 0 radical (unpaired) electrons. The number of benzene rings is 1. The third-order valence-electron chi connectivity index (χ3n) is 3.01. The predicted molar refractivity (Wildman–Crippen MR) is 73.3 cm³/mol. The maximum absolute atomic E-state index is 9.24. The number of nitrogens with zero attached hydrogens (tertiary/aromatic N) is 2. The van der Waals surface area contributed by atoms with Crippen LogP contribution < -0.4 is 0 Å². The quantitative estimate of drug-likeness (QED) is 0.687. The van der Waals surface area contributed by atoms with Crippen LogP contribution in [0.3, 0.4) is 0 Å². The molecule has 2 heteroatoms. The average Bonchev–Trinajstić information content (AvgIpc) is 2.24. The van der Waals surface area contributed by atoms with Crippen LogP contribution in [0.5, 0.6) is 0 Å². The van der Waals surface area contributed by atoms with Crippen LogP contribution in [0.25, 0.3) is 0 Å². The second-order valence-electron chi connectivity index (χ2n) is 6.67. The molecule has 0 aliphatic heterocycles. The normalized spacial score (nSPS) is 11.8. The summed E-state index contributed by atoms with van der Waals surface area (Å²) >= 11 is 0. The summed E-state index contributed by atoms with van der Waals surface area (Å²) < 4.78 is 0. The molecule has 0 amide bonds. The van der Waals surface area contributed by atoms with E-state index >= 15 is 0 Å². The van der Waals surface area contributed by atoms with Gasteiger partial charge in [0.2, 0.25) is 0 Å². The lowest BCUT2D eigenvalue weighted by Gasteiger charge is -2.26. The molecule has 1 aromatic carbocycles. The van der Waals surface area contributed by atoms with Crippen molar-refractivity contribution in [3.8, 4) is 12.1 Å². The SMILES string of the molecule is CC(C)(C)c1cc(C(C)(C)C)c(C#N)cc1C#N. The molecule has 0 aromatic heterocycles. The maximum atomic E-state index is 9.24. The van der Waals surface area contributed by atoms with Crippen LogP contribution >= 0.6 is 0 Å². The Morgan fingerprint density at radius 3 is 1.28 bits per heavy atom. The lowest BCUT2D eigenvalue weighted by atomic mass is 9.77. The molecule has 0 heterocycles. The van der Waals surface area contributed by atoms with E-state index in [9.17, 15) is 10.5 Å². The van der Waals surface area contributed by atoms with Gasteiger partial charge in [-0.15, -0.1) is 0 Å². The van der Waals surface area contributed by atoms with Crippen molar-refractivity contribution in [2.24, 2.45) is 0 Å². The Morgan fingerprint density at radius 1 is 0.722 bits per heavy atom. The van der Waals surface area contributed by atoms with Gasteiger partial charge in [0.1, 0.15) is 0 Å². The molecule has 18 heavy (non-hydrogen) atoms. The first kappa shape index (κ1) is 14.3. The lowest BCUT2D eigenvalue weighted by molar-refractivity contribution is 0.566. The lowest BCUT2D eigenvalue weighted by Crippen LogP contribution is -2.19. The number of rotatable bonds is 0. The molecule has 0 bridgehead atoms. The van der Waals surface area contributed by atoms with Crippen molar-refractivity contribution in [1.29, 1.82) is 10.5 Å². The number of hydrogen-bond acceptors (Lipinski definition) is 2. The molecule has 94 valence electrons. The van der Waals surface area contributed by atoms with Crippen LogP contribution in [-0.4, -0.2) is 0 Å². The van der Waals surface area contributed by atoms with E-state index in [2.05, 4.69) is 53.7 Å². The van der Waals surface area contributed by atoms with E-state index in [1.165, 1.54) is 0 Å². The van der Waals surface area contributed by atoms with Crippen LogP contribution in [-0.2, 0) is 10.8 Å². The molecule has 0 fully saturated rings. The minimum Gasteiger partial charge on any atom is -0.192 e. The fourth-order valence-electron chi connectivity index (χ4n) is 2.03. The van der Waals surface area contributed by atoms with Gasteiger partial charge >= 0.3 is 0 Å². The second-order valence-corrected chi connectivity index (χ2v) is 6.67. The smallest absolute Gasteiger partial charge is 0.0995 e. The number of nitriles is 2. The topological polar surface area (TPSA) is 47.6 Å². The minimum absolute atomic E-state index is 0.0982. The van der Waals surface area contributed by atoms with Crippen LogP contribution in [0.2, 0.25) is 0 Å². The average molecular weight is 240 g/mol. The standard InChI is InChI=1S/C16H20N2/c1-15(2,3)13-8-14(16(4,5)6)12(10-18)7-11(13)9-17/h7-8H,1-6H3. The van der Waals surface area contributed by atoms with Gasteiger partial charge in [-0.25, -0.2) is 0 Å². The van der Waals surface area contributed by atoms with Crippen LogP contribution in [0, 0.1) is 22.7 Å². The van der Waals surface area contributed by atoms with Crippen molar-refractivity contribution in [3.63, 3.8) is 0 Å². The summed E-state index contributed by atoms with van der Waals surface area (Å²) in [5.74, 6) is 0. The van der Waals surface area contributed by atoms with Crippen LogP contribution in [0.4, 0.5) is 0 Å². The Kier molecular flexibility index (Phi) is 3.54. The maximum Gasteiger partial charge on any atom is 0.0995 e. The first-order valence-electron chi connectivity index (χ1n) is 6.10. The van der Waals surface area contributed by atoms with Gasteiger partial charge in [-0.3, -0.25) is 0 Å². The van der Waals surface area contributed by atoms with Gasteiger partial charge in [0.25, 0.3) is 0 Å². The summed E-state index contributed by atoms with van der Waals surface area (Å²) in [6.45, 7) is 12.5. The largest absolute Gasteiger partial charge is 0.192 e. The van der Waals surface area contributed by atoms with Crippen molar-refractivity contribution in [2.75, 3.05) is 0 Å². The molecule has 0 atom stereocenters. The predicted octanol–water partition coefficient (Wildman–Crippen LogP) is 4.02. The fraction of sp³-hybridized carbons (Fsp3) is 0.500. The first-order chi connectivity index (χ1) is 8.11. The van der Waals surface area contributed by atoms with Crippen molar-refractivity contribution in [1.82, 2.24) is 0 Å². The highest BCUT2D eigenvalue weighted by molar-refractivity contribution is 5.53. The first-order valence-corrected chi connectivity index (χ1v) is 6.10. The molecule has 0 aliphatic carbocycles. The Hall–Kier alpha value is -1.80. The molecule has 0 unspecified atom stereocenters. The highest BCUT2D eigenvalue weighted by Gasteiger charge is 2.25. The molecule has 0 saturated carbocycles. The van der Waals surface area contributed by atoms with Gasteiger partial charge in [-0.2, -0.15) is 10.5 Å². The van der Waals surface area contributed by atoms with Gasteiger partial charge in [0.15, 0.2) is 0 Å². The molecule has 1 aromatic rings. The van der Waals surface area contributed by atoms with Crippen LogP contribution in [0.15, 0.2) is 12.1 Å². The van der Waals surface area contributed by atoms with Crippen molar-refractivity contribution >= 4 is 0 Å². The molecule has 0 N–H and O–H groups in total. The van der Waals surface area contributed by atoms with Crippen LogP contribution in [0.1, 0.15) is 63.8 Å². The highest BCUT2D eigenvalue weighted by atomic mass is 14.3. The fourth-order valence-corrected chi connectivity index (χ4v) is 2.03. The van der Waals surface area contributed by atoms with E-state index < -0.39 is 0 Å². The Bertz CT molecular complexity index is 493. The molecule has 0 spiro atoms. The minimum atomic E-state index is -0.0982. The summed E-state index contributed by atoms with van der Waals surface area (Å²) in [4.78, 5) is 0. The van der Waals surface area contributed by atoms with E-state index in [-0.39, 0.29) is 10.8 Å². The molecular weight excluding hydrogens is 220 g/mol. The van der Waals surface area contributed by atoms with E-state index in [0.717, 1.165) is 11.1 Å². The third-order valence-corrected chi connectivity index (χ3v) is 3.01. The summed E-state index contributed by atoms with van der Waals surface area (Å²) in [6.07, 6.45) is 0. The summed E-state index contributed by atoms with van der Waals surface area (Å²) in [5.41, 5.74) is 3.03. The van der Waals surface area contributed by atoms with Crippen molar-refractivity contribution in [2.45, 2.75) is 52.4 Å². The molecule has 2 nitrogen and oxygen atoms in total. The molecular formula is C16H20N2. The highest BCUT2D eigenvalue weighted by Crippen LogP contribution is 2.33. The van der Waals surface area contributed by atoms with E-state index in [0.29, 0.717) is 11.1 Å². The molecule has 1 rings (SSSR count). The summed E-state index contributed by atoms with van der Waals surface area (Å²) in [7, 11) is 0. The van der Waals surface area contributed by atoms with Gasteiger partial charge in [0.05, 0.1) is 23.3 Å². The van der Waals surface area contributed by atoms with Crippen molar-refractivity contribution < 1.29 is 0 Å². The number of hydrogen-bond donors (Lipinski definition) is 0.